The van der Waals surface area contributed by atoms with Crippen molar-refractivity contribution in [2.45, 2.75) is 136 Å². The number of hydrogen-bond acceptors (Lipinski definition) is 8. The van der Waals surface area contributed by atoms with Gasteiger partial charge in [-0.15, -0.1) is 0 Å². The molecule has 0 aromatic rings. The molecule has 0 aliphatic heterocycles. The summed E-state index contributed by atoms with van der Waals surface area (Å²) in [6, 6.07) is 0. The summed E-state index contributed by atoms with van der Waals surface area (Å²) in [6.45, 7) is 3.94. The molecule has 0 aromatic heterocycles. The fourth-order valence-electron chi connectivity index (χ4n) is 4.04. The standard InChI is InChI=1S/C30H60NO8P/c1-6-8-10-11-12-13-14-15-16-17-18-19-20-21-23-30(33)39-28(26-36-29(32)22-9-7-2)27-38-40(34,35)37-25-24-31(3,4)5/h28H,6-27H2,1-5H3. The van der Waals surface area contributed by atoms with E-state index in [1.54, 1.807) is 0 Å². The summed E-state index contributed by atoms with van der Waals surface area (Å²) in [6.07, 6.45) is 18.2. The van der Waals surface area contributed by atoms with Crippen LogP contribution in [0.15, 0.2) is 0 Å². The number of quaternary nitrogens is 1. The largest absolute Gasteiger partial charge is 0.756 e. The predicted octanol–water partition coefficient (Wildman–Crippen LogP) is 6.71. The molecule has 2 atom stereocenters. The Morgan fingerprint density at radius 3 is 1.65 bits per heavy atom. The van der Waals surface area contributed by atoms with Crippen LogP contribution in [0.3, 0.4) is 0 Å². The van der Waals surface area contributed by atoms with Crippen LogP contribution in [0.5, 0.6) is 0 Å². The number of likely N-dealkylation sites (N-methyl/N-ethyl adjacent to an activating group) is 1. The van der Waals surface area contributed by atoms with Crippen LogP contribution in [0, 0.1) is 0 Å². The van der Waals surface area contributed by atoms with Crippen molar-refractivity contribution in [3.05, 3.63) is 0 Å². The van der Waals surface area contributed by atoms with Gasteiger partial charge in [0.1, 0.15) is 19.8 Å². The molecular formula is C30H60NO8P. The Kier molecular flexibility index (Phi) is 24.0. The zero-order valence-corrected chi connectivity index (χ0v) is 27.2. The quantitative estimate of drug-likeness (QED) is 0.0426. The first-order valence-electron chi connectivity index (χ1n) is 15.7. The summed E-state index contributed by atoms with van der Waals surface area (Å²) in [5, 5.41) is 0. The lowest BCUT2D eigenvalue weighted by molar-refractivity contribution is -0.870. The molecule has 0 aromatic carbocycles. The van der Waals surface area contributed by atoms with E-state index in [0.717, 1.165) is 19.3 Å². The number of phosphoric ester groups is 1. The van der Waals surface area contributed by atoms with E-state index in [1.165, 1.54) is 70.6 Å². The van der Waals surface area contributed by atoms with Gasteiger partial charge in [0, 0.05) is 12.8 Å². The van der Waals surface area contributed by atoms with Crippen LogP contribution in [0.1, 0.15) is 129 Å². The van der Waals surface area contributed by atoms with Crippen LogP contribution in [0.4, 0.5) is 0 Å². The van der Waals surface area contributed by atoms with Crippen molar-refractivity contribution in [3.63, 3.8) is 0 Å². The second-order valence-corrected chi connectivity index (χ2v) is 13.2. The summed E-state index contributed by atoms with van der Waals surface area (Å²) in [7, 11) is 1.17. The molecule has 0 rings (SSSR count). The highest BCUT2D eigenvalue weighted by molar-refractivity contribution is 7.45. The second kappa shape index (κ2) is 24.6. The van der Waals surface area contributed by atoms with E-state index >= 15 is 0 Å². The first-order valence-corrected chi connectivity index (χ1v) is 17.2. The topological polar surface area (TPSA) is 111 Å². The Morgan fingerprint density at radius 2 is 1.15 bits per heavy atom. The number of phosphoric acid groups is 1. The number of hydrogen-bond donors (Lipinski definition) is 0. The summed E-state index contributed by atoms with van der Waals surface area (Å²) >= 11 is 0. The molecule has 0 aliphatic rings. The fourth-order valence-corrected chi connectivity index (χ4v) is 4.77. The van der Waals surface area contributed by atoms with Gasteiger partial charge in [0.25, 0.3) is 7.82 Å². The zero-order chi connectivity index (χ0) is 30.1. The molecule has 0 N–H and O–H groups in total. The van der Waals surface area contributed by atoms with E-state index in [-0.39, 0.29) is 26.1 Å². The first-order chi connectivity index (χ1) is 19.0. The van der Waals surface area contributed by atoms with Crippen molar-refractivity contribution in [1.82, 2.24) is 0 Å². The van der Waals surface area contributed by atoms with Crippen molar-refractivity contribution in [3.8, 4) is 0 Å². The first kappa shape index (κ1) is 39.0. The van der Waals surface area contributed by atoms with Crippen molar-refractivity contribution in [1.29, 1.82) is 0 Å². The molecule has 0 radical (unpaired) electrons. The molecule has 0 spiro atoms. The van der Waals surface area contributed by atoms with Crippen LogP contribution >= 0.6 is 7.82 Å². The maximum atomic E-state index is 12.4. The van der Waals surface area contributed by atoms with Crippen LogP contribution in [0.25, 0.3) is 0 Å². The van der Waals surface area contributed by atoms with Gasteiger partial charge in [0.15, 0.2) is 6.10 Å². The van der Waals surface area contributed by atoms with Gasteiger partial charge in [-0.1, -0.05) is 104 Å². The molecular weight excluding hydrogens is 533 g/mol. The minimum atomic E-state index is -4.59. The lowest BCUT2D eigenvalue weighted by Gasteiger charge is -2.28. The third kappa shape index (κ3) is 27.2. The lowest BCUT2D eigenvalue weighted by atomic mass is 10.0. The van der Waals surface area contributed by atoms with Crippen molar-refractivity contribution in [2.75, 3.05) is 47.5 Å². The van der Waals surface area contributed by atoms with E-state index in [9.17, 15) is 19.0 Å². The van der Waals surface area contributed by atoms with Crippen molar-refractivity contribution >= 4 is 19.8 Å². The van der Waals surface area contributed by atoms with Crippen molar-refractivity contribution in [2.24, 2.45) is 0 Å². The molecule has 0 fully saturated rings. The average molecular weight is 594 g/mol. The molecule has 10 heteroatoms. The third-order valence-electron chi connectivity index (χ3n) is 6.63. The van der Waals surface area contributed by atoms with Crippen LogP contribution in [-0.2, 0) is 32.7 Å². The van der Waals surface area contributed by atoms with E-state index < -0.39 is 32.5 Å². The fraction of sp³-hybridized carbons (Fsp3) is 0.933. The molecule has 0 saturated carbocycles. The van der Waals surface area contributed by atoms with Gasteiger partial charge >= 0.3 is 11.9 Å². The Morgan fingerprint density at radius 1 is 0.675 bits per heavy atom. The lowest BCUT2D eigenvalue weighted by Crippen LogP contribution is -2.37. The number of carbonyl (C=O) groups excluding carboxylic acids is 2. The number of nitrogens with zero attached hydrogens (tertiary/aromatic N) is 1. The minimum absolute atomic E-state index is 0.0279. The number of esters is 2. The zero-order valence-electron chi connectivity index (χ0n) is 26.3. The SMILES string of the molecule is CCCCCCCCCCCCCCCCC(=O)OC(COC(=O)CCCC)COP(=O)([O-])OCC[N+](C)(C)C. The summed E-state index contributed by atoms with van der Waals surface area (Å²) in [5.74, 6) is -0.872. The van der Waals surface area contributed by atoms with Gasteiger partial charge in [-0.3, -0.25) is 14.2 Å². The Balaban J connectivity index is 4.25. The Bertz CT molecular complexity index is 683. The molecule has 9 nitrogen and oxygen atoms in total. The monoisotopic (exact) mass is 593 g/mol. The Labute approximate surface area is 244 Å². The van der Waals surface area contributed by atoms with Gasteiger partial charge in [-0.2, -0.15) is 0 Å². The molecule has 238 valence electrons. The van der Waals surface area contributed by atoms with Crippen molar-refractivity contribution < 1.29 is 42.1 Å². The highest BCUT2D eigenvalue weighted by atomic mass is 31.2. The molecule has 0 saturated heterocycles. The Hall–Kier alpha value is -0.990. The summed E-state index contributed by atoms with van der Waals surface area (Å²) in [4.78, 5) is 36.4. The van der Waals surface area contributed by atoms with Crippen LogP contribution in [-0.4, -0.2) is 70.0 Å². The molecule has 0 aliphatic carbocycles. The molecule has 0 amide bonds. The van der Waals surface area contributed by atoms with Gasteiger partial charge in [0.2, 0.25) is 0 Å². The number of unbranched alkanes of at least 4 members (excludes halogenated alkanes) is 14. The van der Waals surface area contributed by atoms with E-state index in [4.69, 9.17) is 18.5 Å². The smallest absolute Gasteiger partial charge is 0.306 e. The predicted molar refractivity (Wildman–Crippen MR) is 158 cm³/mol. The highest BCUT2D eigenvalue weighted by Crippen LogP contribution is 2.38. The van der Waals surface area contributed by atoms with Gasteiger partial charge < -0.3 is 27.9 Å². The van der Waals surface area contributed by atoms with E-state index in [2.05, 4.69) is 6.92 Å². The molecule has 0 bridgehead atoms. The van der Waals surface area contributed by atoms with Crippen LogP contribution < -0.4 is 4.89 Å². The average Bonchev–Trinajstić information content (AvgIpc) is 2.88. The molecule has 0 heterocycles. The maximum absolute atomic E-state index is 12.4. The van der Waals surface area contributed by atoms with Crippen LogP contribution in [0.2, 0.25) is 0 Å². The summed E-state index contributed by atoms with van der Waals surface area (Å²) in [5.41, 5.74) is 0. The molecule has 2 unspecified atom stereocenters. The van der Waals surface area contributed by atoms with E-state index in [1.807, 2.05) is 28.1 Å². The molecule has 40 heavy (non-hydrogen) atoms. The van der Waals surface area contributed by atoms with Gasteiger partial charge in [-0.25, -0.2) is 0 Å². The third-order valence-corrected chi connectivity index (χ3v) is 7.59. The van der Waals surface area contributed by atoms with Gasteiger partial charge in [-0.05, 0) is 12.8 Å². The van der Waals surface area contributed by atoms with E-state index in [0.29, 0.717) is 23.9 Å². The number of carbonyl (C=O) groups is 2. The highest BCUT2D eigenvalue weighted by Gasteiger charge is 2.21. The number of rotatable bonds is 28. The maximum Gasteiger partial charge on any atom is 0.306 e. The van der Waals surface area contributed by atoms with Gasteiger partial charge in [0.05, 0.1) is 27.7 Å². The minimum Gasteiger partial charge on any atom is -0.756 e. The normalized spacial score (nSPS) is 14.1. The summed E-state index contributed by atoms with van der Waals surface area (Å²) < 4.78 is 33.1. The number of ether oxygens (including phenoxy) is 2. The second-order valence-electron chi connectivity index (χ2n) is 11.8.